The predicted octanol–water partition coefficient (Wildman–Crippen LogP) is 2.41. The first-order valence-electron chi connectivity index (χ1n) is 6.59. The van der Waals surface area contributed by atoms with Gasteiger partial charge in [0.1, 0.15) is 5.82 Å². The van der Waals surface area contributed by atoms with Crippen LogP contribution in [0.1, 0.15) is 11.1 Å². The van der Waals surface area contributed by atoms with Crippen molar-refractivity contribution in [3.63, 3.8) is 0 Å². The monoisotopic (exact) mass is 320 g/mol. The highest BCUT2D eigenvalue weighted by molar-refractivity contribution is 6.35. The second-order valence-corrected chi connectivity index (χ2v) is 5.05. The number of rotatable bonds is 4. The SMILES string of the molecule is O=C(NCc1ccc(F)cc1)C(=O)NCc1ccc(Cl)cc1. The van der Waals surface area contributed by atoms with E-state index < -0.39 is 11.8 Å². The minimum absolute atomic E-state index is 0.160. The topological polar surface area (TPSA) is 58.2 Å². The van der Waals surface area contributed by atoms with Crippen LogP contribution in [0.25, 0.3) is 0 Å². The number of hydrogen-bond acceptors (Lipinski definition) is 2. The first-order valence-corrected chi connectivity index (χ1v) is 6.97. The highest BCUT2D eigenvalue weighted by Gasteiger charge is 2.12. The summed E-state index contributed by atoms with van der Waals surface area (Å²) < 4.78 is 12.7. The van der Waals surface area contributed by atoms with Gasteiger partial charge in [0.25, 0.3) is 0 Å². The molecule has 0 heterocycles. The number of hydrogen-bond donors (Lipinski definition) is 2. The smallest absolute Gasteiger partial charge is 0.309 e. The standard InChI is InChI=1S/C16H14ClFN2O2/c17-13-5-1-11(2-6-13)9-19-15(21)16(22)20-10-12-3-7-14(18)8-4-12/h1-8H,9-10H2,(H,19,21)(H,20,22). The zero-order valence-corrected chi connectivity index (χ0v) is 12.4. The van der Waals surface area contributed by atoms with Crippen molar-refractivity contribution in [2.24, 2.45) is 0 Å². The molecule has 0 unspecified atom stereocenters. The van der Waals surface area contributed by atoms with Crippen molar-refractivity contribution in [1.29, 1.82) is 0 Å². The molecule has 0 radical (unpaired) electrons. The summed E-state index contributed by atoms with van der Waals surface area (Å²) in [6.45, 7) is 0.396. The molecule has 2 aromatic carbocycles. The summed E-state index contributed by atoms with van der Waals surface area (Å²) in [5.41, 5.74) is 1.55. The summed E-state index contributed by atoms with van der Waals surface area (Å²) in [7, 11) is 0. The summed E-state index contributed by atoms with van der Waals surface area (Å²) >= 11 is 5.76. The van der Waals surface area contributed by atoms with Gasteiger partial charge < -0.3 is 10.6 Å². The molecule has 0 aliphatic heterocycles. The van der Waals surface area contributed by atoms with Gasteiger partial charge in [-0.3, -0.25) is 9.59 Å². The summed E-state index contributed by atoms with van der Waals surface area (Å²) in [4.78, 5) is 23.3. The Balaban J connectivity index is 1.78. The van der Waals surface area contributed by atoms with Crippen LogP contribution in [0.15, 0.2) is 48.5 Å². The van der Waals surface area contributed by atoms with E-state index in [2.05, 4.69) is 10.6 Å². The van der Waals surface area contributed by atoms with Crippen molar-refractivity contribution in [3.05, 3.63) is 70.5 Å². The number of halogens is 2. The van der Waals surface area contributed by atoms with Gasteiger partial charge in [0.15, 0.2) is 0 Å². The third-order valence-electron chi connectivity index (χ3n) is 2.94. The lowest BCUT2D eigenvalue weighted by Gasteiger charge is -2.07. The molecule has 0 fully saturated rings. The van der Waals surface area contributed by atoms with Crippen molar-refractivity contribution in [2.45, 2.75) is 13.1 Å². The molecule has 22 heavy (non-hydrogen) atoms. The zero-order valence-electron chi connectivity index (χ0n) is 11.6. The van der Waals surface area contributed by atoms with E-state index in [1.165, 1.54) is 12.1 Å². The van der Waals surface area contributed by atoms with Crippen molar-refractivity contribution in [2.75, 3.05) is 0 Å². The van der Waals surface area contributed by atoms with Crippen LogP contribution in [0.2, 0.25) is 5.02 Å². The van der Waals surface area contributed by atoms with Crippen molar-refractivity contribution in [1.82, 2.24) is 10.6 Å². The summed E-state index contributed by atoms with van der Waals surface area (Å²) in [6.07, 6.45) is 0. The van der Waals surface area contributed by atoms with Crippen LogP contribution >= 0.6 is 11.6 Å². The Kier molecular flexibility index (Phi) is 5.49. The molecule has 0 aromatic heterocycles. The average Bonchev–Trinajstić information content (AvgIpc) is 2.53. The number of carbonyl (C=O) groups is 2. The van der Waals surface area contributed by atoms with Crippen LogP contribution in [0, 0.1) is 5.82 Å². The molecule has 0 saturated heterocycles. The Morgan fingerprint density at radius 3 is 1.68 bits per heavy atom. The first kappa shape index (κ1) is 16.0. The van der Waals surface area contributed by atoms with E-state index in [9.17, 15) is 14.0 Å². The van der Waals surface area contributed by atoms with Gasteiger partial charge in [0.2, 0.25) is 0 Å². The van der Waals surface area contributed by atoms with Crippen molar-refractivity contribution in [3.8, 4) is 0 Å². The molecular formula is C16H14ClFN2O2. The molecule has 2 aromatic rings. The Bertz CT molecular complexity index is 597. The Labute approximate surface area is 132 Å². The van der Waals surface area contributed by atoms with Gasteiger partial charge in [-0.1, -0.05) is 35.9 Å². The second-order valence-electron chi connectivity index (χ2n) is 4.62. The van der Waals surface area contributed by atoms with Crippen LogP contribution in [-0.4, -0.2) is 11.8 Å². The molecule has 2 N–H and O–H groups in total. The molecule has 0 aliphatic rings. The maximum Gasteiger partial charge on any atom is 0.309 e. The summed E-state index contributed by atoms with van der Waals surface area (Å²) in [5, 5.41) is 5.58. The lowest BCUT2D eigenvalue weighted by Crippen LogP contribution is -2.39. The van der Waals surface area contributed by atoms with E-state index in [0.717, 1.165) is 5.56 Å². The molecule has 2 amide bonds. The highest BCUT2D eigenvalue weighted by Crippen LogP contribution is 2.09. The molecule has 0 atom stereocenters. The molecule has 0 saturated carbocycles. The molecule has 0 bridgehead atoms. The minimum atomic E-state index is -0.738. The molecule has 0 aliphatic carbocycles. The molecular weight excluding hydrogens is 307 g/mol. The van der Waals surface area contributed by atoms with Crippen molar-refractivity contribution < 1.29 is 14.0 Å². The summed E-state index contributed by atoms with van der Waals surface area (Å²) in [6, 6.07) is 12.6. The highest BCUT2D eigenvalue weighted by atomic mass is 35.5. The molecule has 4 nitrogen and oxygen atoms in total. The Hall–Kier alpha value is -2.40. The number of benzene rings is 2. The van der Waals surface area contributed by atoms with Gasteiger partial charge in [-0.15, -0.1) is 0 Å². The van der Waals surface area contributed by atoms with Gasteiger partial charge in [-0.25, -0.2) is 4.39 Å². The molecule has 2 rings (SSSR count). The fourth-order valence-corrected chi connectivity index (χ4v) is 1.86. The minimum Gasteiger partial charge on any atom is -0.344 e. The third-order valence-corrected chi connectivity index (χ3v) is 3.19. The van der Waals surface area contributed by atoms with Crippen molar-refractivity contribution >= 4 is 23.4 Å². The van der Waals surface area contributed by atoms with Gasteiger partial charge in [-0.05, 0) is 35.4 Å². The van der Waals surface area contributed by atoms with Crippen LogP contribution in [0.4, 0.5) is 4.39 Å². The normalized spacial score (nSPS) is 10.1. The quantitative estimate of drug-likeness (QED) is 0.850. The van der Waals surface area contributed by atoms with Crippen LogP contribution in [0.3, 0.4) is 0 Å². The van der Waals surface area contributed by atoms with E-state index in [1.807, 2.05) is 0 Å². The predicted molar refractivity (Wildman–Crippen MR) is 81.5 cm³/mol. The number of nitrogens with one attached hydrogen (secondary N) is 2. The molecule has 6 heteroatoms. The first-order chi connectivity index (χ1) is 10.5. The van der Waals surface area contributed by atoms with Gasteiger partial charge >= 0.3 is 11.8 Å². The van der Waals surface area contributed by atoms with E-state index in [0.29, 0.717) is 10.6 Å². The molecule has 0 spiro atoms. The zero-order chi connectivity index (χ0) is 15.9. The van der Waals surface area contributed by atoms with E-state index in [1.54, 1.807) is 36.4 Å². The number of carbonyl (C=O) groups excluding carboxylic acids is 2. The largest absolute Gasteiger partial charge is 0.344 e. The van der Waals surface area contributed by atoms with Gasteiger partial charge in [-0.2, -0.15) is 0 Å². The van der Waals surface area contributed by atoms with E-state index in [4.69, 9.17) is 11.6 Å². The summed E-state index contributed by atoms with van der Waals surface area (Å²) in [5.74, 6) is -1.81. The van der Waals surface area contributed by atoms with Gasteiger partial charge in [0.05, 0.1) is 0 Å². The third kappa shape index (κ3) is 4.86. The maximum absolute atomic E-state index is 12.7. The maximum atomic E-state index is 12.7. The Morgan fingerprint density at radius 2 is 1.23 bits per heavy atom. The van der Waals surface area contributed by atoms with E-state index >= 15 is 0 Å². The van der Waals surface area contributed by atoms with Gasteiger partial charge in [0, 0.05) is 18.1 Å². The fraction of sp³-hybridized carbons (Fsp3) is 0.125. The number of amides is 2. The Morgan fingerprint density at radius 1 is 0.818 bits per heavy atom. The second kappa shape index (κ2) is 7.56. The van der Waals surface area contributed by atoms with E-state index in [-0.39, 0.29) is 18.9 Å². The van der Waals surface area contributed by atoms with Crippen LogP contribution < -0.4 is 10.6 Å². The van der Waals surface area contributed by atoms with Crippen LogP contribution in [0.5, 0.6) is 0 Å². The lowest BCUT2D eigenvalue weighted by molar-refractivity contribution is -0.139. The molecule has 114 valence electrons. The average molecular weight is 321 g/mol. The lowest BCUT2D eigenvalue weighted by atomic mass is 10.2. The van der Waals surface area contributed by atoms with Crippen LogP contribution in [-0.2, 0) is 22.7 Å². The fourth-order valence-electron chi connectivity index (χ4n) is 1.73.